The molecule has 3 N–H and O–H groups in total. The topological polar surface area (TPSA) is 114 Å². The van der Waals surface area contributed by atoms with Gasteiger partial charge in [-0.05, 0) is 37.5 Å². The minimum atomic E-state index is -1.19. The van der Waals surface area contributed by atoms with Crippen LogP contribution in [0, 0.1) is 20.8 Å². The lowest BCUT2D eigenvalue weighted by Crippen LogP contribution is -2.33. The zero-order chi connectivity index (χ0) is 20.7. The largest absolute Gasteiger partial charge is 0.394 e. The predicted octanol–water partition coefficient (Wildman–Crippen LogP) is 1.66. The van der Waals surface area contributed by atoms with Gasteiger partial charge >= 0.3 is 0 Å². The second-order valence-electron chi connectivity index (χ2n) is 7.40. The second-order valence-corrected chi connectivity index (χ2v) is 8.36. The molecule has 0 amide bonds. The van der Waals surface area contributed by atoms with Crippen molar-refractivity contribution < 1.29 is 20.1 Å². The van der Waals surface area contributed by atoms with E-state index in [4.69, 9.17) is 4.74 Å². The van der Waals surface area contributed by atoms with Gasteiger partial charge in [-0.1, -0.05) is 29.5 Å². The number of ether oxygens (including phenoxy) is 1. The first-order chi connectivity index (χ1) is 13.9. The molecular formula is C20H24N4O4S. The SMILES string of the molecule is Cc1cc(C)c(CSc2ncnc3c2ncn3[C@@H]2O[C@H](CO)[C@@H](O)[C@H]2O)c(C)c1. The van der Waals surface area contributed by atoms with Crippen molar-refractivity contribution in [3.8, 4) is 0 Å². The highest BCUT2D eigenvalue weighted by Gasteiger charge is 2.44. The number of fused-ring (bicyclic) bond motifs is 1. The van der Waals surface area contributed by atoms with Crippen molar-refractivity contribution in [2.45, 2.75) is 56.1 Å². The van der Waals surface area contributed by atoms with E-state index in [1.807, 2.05) is 0 Å². The van der Waals surface area contributed by atoms with Crippen molar-refractivity contribution in [3.63, 3.8) is 0 Å². The number of thioether (sulfide) groups is 1. The van der Waals surface area contributed by atoms with Gasteiger partial charge < -0.3 is 20.1 Å². The van der Waals surface area contributed by atoms with Crippen LogP contribution in [0.4, 0.5) is 0 Å². The fourth-order valence-corrected chi connectivity index (χ4v) is 4.95. The van der Waals surface area contributed by atoms with Gasteiger partial charge in [-0.25, -0.2) is 15.0 Å². The second kappa shape index (κ2) is 8.00. The lowest BCUT2D eigenvalue weighted by Gasteiger charge is -2.16. The molecule has 0 unspecified atom stereocenters. The molecule has 4 rings (SSSR count). The first kappa shape index (κ1) is 20.2. The molecule has 3 heterocycles. The van der Waals surface area contributed by atoms with Crippen LogP contribution < -0.4 is 0 Å². The maximum atomic E-state index is 10.3. The molecule has 1 aromatic carbocycles. The number of imidazole rings is 1. The van der Waals surface area contributed by atoms with E-state index in [0.717, 1.165) is 10.8 Å². The van der Waals surface area contributed by atoms with Gasteiger partial charge in [0.15, 0.2) is 11.9 Å². The highest BCUT2D eigenvalue weighted by Crippen LogP contribution is 2.34. The summed E-state index contributed by atoms with van der Waals surface area (Å²) in [5.74, 6) is 0.755. The fourth-order valence-electron chi connectivity index (χ4n) is 3.81. The van der Waals surface area contributed by atoms with Crippen molar-refractivity contribution in [3.05, 3.63) is 47.0 Å². The van der Waals surface area contributed by atoms with Crippen LogP contribution in [0.15, 0.2) is 29.8 Å². The fraction of sp³-hybridized carbons (Fsp3) is 0.450. The van der Waals surface area contributed by atoms with Crippen LogP contribution in [-0.2, 0) is 10.5 Å². The number of aromatic nitrogens is 4. The number of hydrogen-bond acceptors (Lipinski definition) is 8. The number of hydrogen-bond donors (Lipinski definition) is 3. The van der Waals surface area contributed by atoms with Crippen LogP contribution >= 0.6 is 11.8 Å². The summed E-state index contributed by atoms with van der Waals surface area (Å²) in [6.07, 6.45) is -1.11. The summed E-state index contributed by atoms with van der Waals surface area (Å²) in [7, 11) is 0. The molecule has 3 aromatic rings. The van der Waals surface area contributed by atoms with Crippen LogP contribution in [0.2, 0.25) is 0 Å². The monoisotopic (exact) mass is 416 g/mol. The first-order valence-corrected chi connectivity index (χ1v) is 10.4. The Morgan fingerprint density at radius 2 is 1.79 bits per heavy atom. The van der Waals surface area contributed by atoms with E-state index in [2.05, 4.69) is 47.9 Å². The van der Waals surface area contributed by atoms with E-state index in [-0.39, 0.29) is 6.61 Å². The van der Waals surface area contributed by atoms with Crippen molar-refractivity contribution in [2.24, 2.45) is 0 Å². The number of nitrogens with zero attached hydrogens (tertiary/aromatic N) is 4. The van der Waals surface area contributed by atoms with Crippen LogP contribution in [0.25, 0.3) is 11.2 Å². The van der Waals surface area contributed by atoms with E-state index in [9.17, 15) is 15.3 Å². The van der Waals surface area contributed by atoms with E-state index >= 15 is 0 Å². The minimum Gasteiger partial charge on any atom is -0.394 e. The first-order valence-electron chi connectivity index (χ1n) is 9.40. The summed E-state index contributed by atoms with van der Waals surface area (Å²) in [5.41, 5.74) is 6.13. The molecule has 0 spiro atoms. The molecule has 154 valence electrons. The molecule has 0 saturated carbocycles. The number of benzene rings is 1. The zero-order valence-corrected chi connectivity index (χ0v) is 17.3. The van der Waals surface area contributed by atoms with Crippen LogP contribution in [0.3, 0.4) is 0 Å². The third-order valence-corrected chi connectivity index (χ3v) is 6.32. The molecule has 1 aliphatic heterocycles. The molecule has 2 aromatic heterocycles. The molecule has 4 atom stereocenters. The van der Waals surface area contributed by atoms with Crippen LogP contribution in [0.1, 0.15) is 28.5 Å². The summed E-state index contributed by atoms with van der Waals surface area (Å²) in [6.45, 7) is 5.94. The average Bonchev–Trinajstić information content (AvgIpc) is 3.23. The minimum absolute atomic E-state index is 0.382. The lowest BCUT2D eigenvalue weighted by atomic mass is 10.0. The van der Waals surface area contributed by atoms with E-state index < -0.39 is 24.5 Å². The highest BCUT2D eigenvalue weighted by molar-refractivity contribution is 7.98. The van der Waals surface area contributed by atoms with Crippen molar-refractivity contribution >= 4 is 22.9 Å². The number of aryl methyl sites for hydroxylation is 3. The summed E-state index contributed by atoms with van der Waals surface area (Å²) in [6, 6.07) is 4.35. The van der Waals surface area contributed by atoms with E-state index in [1.165, 1.54) is 34.9 Å². The average molecular weight is 417 g/mol. The molecule has 1 fully saturated rings. The summed E-state index contributed by atoms with van der Waals surface area (Å²) in [5, 5.41) is 30.4. The Morgan fingerprint density at radius 1 is 1.07 bits per heavy atom. The third-order valence-electron chi connectivity index (χ3n) is 5.31. The Labute approximate surface area is 172 Å². The van der Waals surface area contributed by atoms with Gasteiger partial charge in [0.05, 0.1) is 12.9 Å². The van der Waals surface area contributed by atoms with Gasteiger partial charge in [-0.15, -0.1) is 0 Å². The smallest absolute Gasteiger partial charge is 0.166 e. The quantitative estimate of drug-likeness (QED) is 0.425. The maximum absolute atomic E-state index is 10.3. The molecule has 0 aliphatic carbocycles. The van der Waals surface area contributed by atoms with Crippen molar-refractivity contribution in [2.75, 3.05) is 6.61 Å². The summed E-state index contributed by atoms with van der Waals surface area (Å²) < 4.78 is 7.18. The molecule has 0 bridgehead atoms. The highest BCUT2D eigenvalue weighted by atomic mass is 32.2. The van der Waals surface area contributed by atoms with E-state index in [0.29, 0.717) is 11.2 Å². The number of rotatable bonds is 5. The molecule has 8 nitrogen and oxygen atoms in total. The Bertz CT molecular complexity index is 1020. The van der Waals surface area contributed by atoms with Crippen LogP contribution in [0.5, 0.6) is 0 Å². The number of aliphatic hydroxyl groups excluding tert-OH is 3. The Hall–Kier alpha value is -2.04. The van der Waals surface area contributed by atoms with Gasteiger partial charge in [-0.3, -0.25) is 4.57 Å². The molecule has 29 heavy (non-hydrogen) atoms. The normalized spacial score (nSPS) is 24.5. The van der Waals surface area contributed by atoms with Gasteiger partial charge in [0, 0.05) is 5.75 Å². The predicted molar refractivity (Wildman–Crippen MR) is 109 cm³/mol. The van der Waals surface area contributed by atoms with Crippen LogP contribution in [-0.4, -0.2) is 59.8 Å². The maximum Gasteiger partial charge on any atom is 0.166 e. The molecule has 9 heteroatoms. The van der Waals surface area contributed by atoms with Crippen molar-refractivity contribution in [1.82, 2.24) is 19.5 Å². The molecule has 0 radical (unpaired) electrons. The Balaban J connectivity index is 1.62. The third kappa shape index (κ3) is 3.64. The van der Waals surface area contributed by atoms with Gasteiger partial charge in [0.1, 0.15) is 35.2 Å². The Morgan fingerprint density at radius 3 is 2.45 bits per heavy atom. The van der Waals surface area contributed by atoms with Crippen molar-refractivity contribution in [1.29, 1.82) is 0 Å². The number of aliphatic hydroxyl groups is 3. The lowest BCUT2D eigenvalue weighted by molar-refractivity contribution is -0.0511. The standard InChI is InChI=1S/C20H24N4O4S/c1-10-4-11(2)13(12(3)5-10)7-29-19-15-18(21-8-22-19)24(9-23-15)20-17(27)16(26)14(6-25)28-20/h4-5,8-9,14,16-17,20,25-27H,6-7H2,1-3H3/t14-,16-,17-,20-/m1/s1. The summed E-state index contributed by atoms with van der Waals surface area (Å²) >= 11 is 1.58. The van der Waals surface area contributed by atoms with Gasteiger partial charge in [0.25, 0.3) is 0 Å². The molecular weight excluding hydrogens is 392 g/mol. The Kier molecular flexibility index (Phi) is 5.58. The van der Waals surface area contributed by atoms with E-state index in [1.54, 1.807) is 16.3 Å². The van der Waals surface area contributed by atoms with Gasteiger partial charge in [-0.2, -0.15) is 0 Å². The molecule has 1 saturated heterocycles. The summed E-state index contributed by atoms with van der Waals surface area (Å²) in [4.78, 5) is 13.1. The van der Waals surface area contributed by atoms with Gasteiger partial charge in [0.2, 0.25) is 0 Å². The molecule has 1 aliphatic rings. The zero-order valence-electron chi connectivity index (χ0n) is 16.5.